The van der Waals surface area contributed by atoms with Crippen LogP contribution in [0, 0.1) is 20.2 Å². The fourth-order valence-electron chi connectivity index (χ4n) is 5.84. The maximum Gasteiger partial charge on any atom is 1.00 e. The molecule has 1 unspecified atom stereocenters. The van der Waals surface area contributed by atoms with E-state index >= 15 is 0 Å². The number of nitrogens with two attached hydrogens (primary N) is 1. The Balaban J connectivity index is 0. The number of carbonyl (C=O) groups is 11. The molecule has 430 valence electrons. The Kier molecular flexibility index (Phi) is 39.6. The minimum Gasteiger partial charge on any atom is -0.850 e. The number of anilines is 4. The topological polar surface area (TPSA) is 351 Å². The number of rotatable bonds is 10. The van der Waals surface area contributed by atoms with Gasteiger partial charge in [-0.05, 0) is 175 Å². The standard InChI is InChI=1S/C13H14INO5.C12H10INO4.C10H8INO2.C8H8INO2.C5H7ClO3.C4H9O.K.H2O/c1-19-12(17)6-5-11(16)15-10-7-8(14)3-4-9(10)13(18)20-2;1-18-12(17)8-5-10(15)14-9-4-6(13)2-3-7(9)11(8)16;11-6-1-2-7-8(5-6)12-10(14)4-3-9(7)13;1-12-8(11)6-3-2-5(9)4-7(6)10;1-9-5(8)3-2-4(6)7;1-4(2,3)5;;/h3-4,7H,5-6H2,1-2H3,(H,15,16);2-4,8H,5H2,1H3,(H,14,15);1-2,5H,3-4H2,(H,12,14);2-4H,10H2,1H3;2-3H2,1H3;1-3H3;;1H2/q;;;;;-1;+1;. The van der Waals surface area contributed by atoms with E-state index in [4.69, 9.17) is 17.3 Å². The first kappa shape index (κ1) is 78.3. The van der Waals surface area contributed by atoms with Crippen molar-refractivity contribution in [2.75, 3.05) is 57.2 Å². The Morgan fingerprint density at radius 3 is 1.55 bits per heavy atom. The molecule has 6 rings (SSSR count). The molecular formula is C52H58ClI4KN4O18. The van der Waals surface area contributed by atoms with Crippen LogP contribution in [0.2, 0.25) is 0 Å². The van der Waals surface area contributed by atoms with Gasteiger partial charge in [-0.1, -0.05) is 20.8 Å². The van der Waals surface area contributed by atoms with Gasteiger partial charge in [0.05, 0.1) is 76.6 Å². The molecule has 7 N–H and O–H groups in total. The van der Waals surface area contributed by atoms with Gasteiger partial charge in [0.25, 0.3) is 0 Å². The number of halogens is 5. The molecule has 0 bridgehead atoms. The summed E-state index contributed by atoms with van der Waals surface area (Å²) in [6.45, 7) is 4.90. The van der Waals surface area contributed by atoms with Gasteiger partial charge in [0.1, 0.15) is 5.92 Å². The van der Waals surface area contributed by atoms with Gasteiger partial charge in [-0.2, -0.15) is 0 Å². The van der Waals surface area contributed by atoms with Crippen LogP contribution in [0.4, 0.5) is 22.7 Å². The van der Waals surface area contributed by atoms with Gasteiger partial charge in [0.15, 0.2) is 11.6 Å². The molecular weight excluding hydrogens is 1550 g/mol. The number of Topliss-reactive ketones (excluding diaryl/α,β-unsaturated/α-hetero) is 2. The van der Waals surface area contributed by atoms with Crippen molar-refractivity contribution < 1.29 is 138 Å². The molecule has 3 amide bonds. The van der Waals surface area contributed by atoms with Crippen molar-refractivity contribution in [3.05, 3.63) is 109 Å². The molecule has 4 aromatic carbocycles. The molecule has 22 nitrogen and oxygen atoms in total. The second kappa shape index (κ2) is 40.4. The SMILES string of the molecule is CC(C)(C)[O-].COC(=O)C1CC(=O)Nc2cc(I)ccc2C1=O.COC(=O)CCC(=O)Cl.COC(=O)CCC(=O)Nc1cc(I)ccc1C(=O)OC.COC(=O)c1ccc(I)cc1N.O.O=C1CCC(=O)c2ccc(I)cc2N1.[K+]. The molecule has 2 aliphatic heterocycles. The van der Waals surface area contributed by atoms with Gasteiger partial charge in [0.2, 0.25) is 23.0 Å². The number of nitrogen functional groups attached to an aromatic ring is 1. The maximum absolute atomic E-state index is 12.2. The molecule has 1 atom stereocenters. The molecule has 2 heterocycles. The van der Waals surface area contributed by atoms with Crippen LogP contribution >= 0.6 is 102 Å². The summed E-state index contributed by atoms with van der Waals surface area (Å²) in [7, 11) is 6.33. The number of methoxy groups -OCH3 is 5. The van der Waals surface area contributed by atoms with E-state index in [2.05, 4.69) is 130 Å². The van der Waals surface area contributed by atoms with Crippen molar-refractivity contribution in [3.63, 3.8) is 0 Å². The van der Waals surface area contributed by atoms with Crippen LogP contribution in [0.5, 0.6) is 0 Å². The minimum absolute atomic E-state index is 0. The first-order chi connectivity index (χ1) is 36.5. The molecule has 4 aromatic rings. The van der Waals surface area contributed by atoms with E-state index in [0.717, 1.165) is 14.3 Å². The summed E-state index contributed by atoms with van der Waals surface area (Å²) in [6, 6.07) is 20.7. The number of hydrogen-bond acceptors (Lipinski definition) is 18. The first-order valence-corrected chi connectivity index (χ1v) is 27.4. The van der Waals surface area contributed by atoms with Crippen LogP contribution < -0.4 is 78.2 Å². The molecule has 28 heteroatoms. The van der Waals surface area contributed by atoms with Gasteiger partial charge >= 0.3 is 81.2 Å². The summed E-state index contributed by atoms with van der Waals surface area (Å²) in [5.74, 6) is -4.71. The molecule has 2 aliphatic rings. The Bertz CT molecular complexity index is 2850. The number of carbonyl (C=O) groups excluding carboxylic acids is 11. The van der Waals surface area contributed by atoms with E-state index in [-0.39, 0.29) is 130 Å². The van der Waals surface area contributed by atoms with E-state index in [1.54, 1.807) is 75.4 Å². The zero-order chi connectivity index (χ0) is 59.4. The first-order valence-electron chi connectivity index (χ1n) is 22.7. The monoisotopic (exact) mass is 1610 g/mol. The number of ketones is 2. The third-order valence-electron chi connectivity index (χ3n) is 9.47. The second-order valence-electron chi connectivity index (χ2n) is 16.6. The average Bonchev–Trinajstić information content (AvgIpc) is 3.59. The number of ether oxygens (including phenoxy) is 5. The molecule has 0 saturated carbocycles. The molecule has 0 radical (unpaired) electrons. The predicted octanol–water partition coefficient (Wildman–Crippen LogP) is 4.47. The Labute approximate surface area is 564 Å². The predicted molar refractivity (Wildman–Crippen MR) is 324 cm³/mol. The molecule has 80 heavy (non-hydrogen) atoms. The largest absolute Gasteiger partial charge is 1.00 e. The third-order valence-corrected chi connectivity index (χ3v) is 12.3. The summed E-state index contributed by atoms with van der Waals surface area (Å²) in [5.41, 5.74) is 8.39. The van der Waals surface area contributed by atoms with Gasteiger partial charge in [-0.15, -0.1) is 5.60 Å². The Morgan fingerprint density at radius 2 is 1.06 bits per heavy atom. The smallest absolute Gasteiger partial charge is 0.850 e. The van der Waals surface area contributed by atoms with Crippen LogP contribution in [-0.4, -0.2) is 111 Å². The van der Waals surface area contributed by atoms with Crippen LogP contribution in [0.15, 0.2) is 72.8 Å². The number of hydrogen-bond donors (Lipinski definition) is 4. The summed E-state index contributed by atoms with van der Waals surface area (Å²) in [6.07, 6.45) is 0.492. The minimum atomic E-state index is -1.06. The summed E-state index contributed by atoms with van der Waals surface area (Å²) in [5, 5.41) is 17.5. The van der Waals surface area contributed by atoms with E-state index in [1.807, 2.05) is 18.2 Å². The van der Waals surface area contributed by atoms with Crippen LogP contribution in [0.1, 0.15) is 107 Å². The molecule has 0 saturated heterocycles. The number of nitrogens with one attached hydrogen (secondary N) is 3. The molecule has 0 aromatic heterocycles. The second-order valence-corrected chi connectivity index (χ2v) is 22.0. The molecule has 0 fully saturated rings. The van der Waals surface area contributed by atoms with Crippen molar-refractivity contribution in [3.8, 4) is 0 Å². The van der Waals surface area contributed by atoms with Crippen LogP contribution in [0.3, 0.4) is 0 Å². The van der Waals surface area contributed by atoms with E-state index in [9.17, 15) is 57.8 Å². The van der Waals surface area contributed by atoms with E-state index in [0.29, 0.717) is 45.9 Å². The molecule has 0 aliphatic carbocycles. The van der Waals surface area contributed by atoms with Crippen LogP contribution in [-0.2, 0) is 57.2 Å². The van der Waals surface area contributed by atoms with Crippen LogP contribution in [0.25, 0.3) is 0 Å². The number of fused-ring (bicyclic) bond motifs is 2. The van der Waals surface area contributed by atoms with Crippen molar-refractivity contribution in [1.29, 1.82) is 0 Å². The van der Waals surface area contributed by atoms with Crippen molar-refractivity contribution in [2.45, 2.75) is 71.3 Å². The fraction of sp³-hybridized carbons (Fsp3) is 0.327. The normalized spacial score (nSPS) is 12.6. The average molecular weight is 1610 g/mol. The van der Waals surface area contributed by atoms with Crippen molar-refractivity contribution in [1.82, 2.24) is 0 Å². The number of amides is 3. The zero-order valence-electron chi connectivity index (χ0n) is 44.9. The maximum atomic E-state index is 12.2. The van der Waals surface area contributed by atoms with E-state index < -0.39 is 46.6 Å². The molecule has 0 spiro atoms. The Hall–Kier alpha value is -3.78. The quantitative estimate of drug-likeness (QED) is 0.0324. The summed E-state index contributed by atoms with van der Waals surface area (Å²) >= 11 is 13.4. The summed E-state index contributed by atoms with van der Waals surface area (Å²) in [4.78, 5) is 124. The van der Waals surface area contributed by atoms with Crippen molar-refractivity contribution in [2.24, 2.45) is 5.92 Å². The zero-order valence-corrected chi connectivity index (χ0v) is 57.4. The van der Waals surface area contributed by atoms with Crippen molar-refractivity contribution >= 4 is 189 Å². The van der Waals surface area contributed by atoms with Gasteiger partial charge in [0, 0.05) is 63.2 Å². The fourth-order valence-corrected chi connectivity index (χ4v) is 7.93. The Morgan fingerprint density at radius 1 is 0.625 bits per heavy atom. The van der Waals surface area contributed by atoms with Gasteiger partial charge in [-0.25, -0.2) is 9.59 Å². The summed E-state index contributed by atoms with van der Waals surface area (Å²) < 4.78 is 26.2. The number of esters is 5. The van der Waals surface area contributed by atoms with Gasteiger partial charge < -0.3 is 56.0 Å². The van der Waals surface area contributed by atoms with Gasteiger partial charge in [-0.3, -0.25) is 43.2 Å². The van der Waals surface area contributed by atoms with E-state index in [1.165, 1.54) is 35.5 Å². The third kappa shape index (κ3) is 31.0. The number of benzene rings is 4.